The summed E-state index contributed by atoms with van der Waals surface area (Å²) in [4.78, 5) is 25.2. The smallest absolute Gasteiger partial charge is 0.253 e. The zero-order valence-corrected chi connectivity index (χ0v) is 19.2. The first-order valence-electron chi connectivity index (χ1n) is 9.27. The van der Waals surface area contributed by atoms with Crippen LogP contribution in [0.25, 0.3) is 0 Å². The number of thioether (sulfide) groups is 1. The lowest BCUT2D eigenvalue weighted by Gasteiger charge is -2.18. The number of carbonyl (C=O) groups excluding carboxylic acids is 2. The van der Waals surface area contributed by atoms with Gasteiger partial charge in [-0.3, -0.25) is 9.59 Å². The van der Waals surface area contributed by atoms with Crippen LogP contribution in [-0.2, 0) is 26.9 Å². The Kier molecular flexibility index (Phi) is 9.20. The molecule has 30 heavy (non-hydrogen) atoms. The number of nitrogens with one attached hydrogen (secondary N) is 2. The molecule has 2 rings (SSSR count). The Labute approximate surface area is 186 Å². The van der Waals surface area contributed by atoms with Crippen molar-refractivity contribution >= 4 is 45.0 Å². The first-order valence-corrected chi connectivity index (χ1v) is 13.1. The summed E-state index contributed by atoms with van der Waals surface area (Å²) in [6, 6.07) is 13.0. The number of hydrogen-bond donors (Lipinski definition) is 2. The summed E-state index contributed by atoms with van der Waals surface area (Å²) in [5, 5.41) is 5.92. The monoisotopic (exact) mass is 468 g/mol. The van der Waals surface area contributed by atoms with E-state index in [1.165, 1.54) is 6.26 Å². The number of benzene rings is 2. The lowest BCUT2D eigenvalue weighted by molar-refractivity contribution is -0.123. The van der Waals surface area contributed by atoms with E-state index in [-0.39, 0.29) is 18.2 Å². The fraction of sp³-hybridized carbons (Fsp3) is 0.333. The maximum Gasteiger partial charge on any atom is 0.253 e. The molecular weight excluding hydrogens is 444 g/mol. The fourth-order valence-corrected chi connectivity index (χ4v) is 4.25. The summed E-state index contributed by atoms with van der Waals surface area (Å²) in [5.74, 6) is 0.00240. The van der Waals surface area contributed by atoms with E-state index in [0.29, 0.717) is 28.3 Å². The van der Waals surface area contributed by atoms with E-state index >= 15 is 0 Å². The third-order valence-corrected chi connectivity index (χ3v) is 6.10. The summed E-state index contributed by atoms with van der Waals surface area (Å²) in [6.07, 6.45) is 3.60. The van der Waals surface area contributed by atoms with Crippen molar-refractivity contribution < 1.29 is 18.0 Å². The molecule has 0 saturated carbocycles. The van der Waals surface area contributed by atoms with Gasteiger partial charge < -0.3 is 10.6 Å². The van der Waals surface area contributed by atoms with Crippen molar-refractivity contribution in [3.05, 3.63) is 70.2 Å². The van der Waals surface area contributed by atoms with Crippen molar-refractivity contribution in [1.82, 2.24) is 10.6 Å². The number of carbonyl (C=O) groups is 2. The van der Waals surface area contributed by atoms with Crippen LogP contribution >= 0.6 is 23.4 Å². The highest BCUT2D eigenvalue weighted by atomic mass is 35.5. The third kappa shape index (κ3) is 8.01. The lowest BCUT2D eigenvalue weighted by atomic mass is 10.1. The molecule has 2 aromatic carbocycles. The van der Waals surface area contributed by atoms with Crippen LogP contribution in [0.4, 0.5) is 0 Å². The predicted octanol–water partition coefficient (Wildman–Crippen LogP) is 3.05. The molecule has 1 atom stereocenters. The summed E-state index contributed by atoms with van der Waals surface area (Å²) < 4.78 is 22.7. The second-order valence-corrected chi connectivity index (χ2v) is 10.4. The van der Waals surface area contributed by atoms with Crippen LogP contribution in [0, 0.1) is 0 Å². The van der Waals surface area contributed by atoms with Gasteiger partial charge >= 0.3 is 0 Å². The van der Waals surface area contributed by atoms with E-state index in [2.05, 4.69) is 10.6 Å². The highest BCUT2D eigenvalue weighted by molar-refractivity contribution is 7.98. The number of hydrogen-bond acceptors (Lipinski definition) is 5. The summed E-state index contributed by atoms with van der Waals surface area (Å²) in [6.45, 7) is 0.274. The molecule has 0 heterocycles. The molecule has 0 bridgehead atoms. The van der Waals surface area contributed by atoms with E-state index < -0.39 is 21.8 Å². The molecule has 0 saturated heterocycles. The van der Waals surface area contributed by atoms with E-state index in [1.54, 1.807) is 60.3 Å². The Balaban J connectivity index is 1.99. The predicted molar refractivity (Wildman–Crippen MR) is 123 cm³/mol. The molecule has 0 spiro atoms. The van der Waals surface area contributed by atoms with E-state index in [4.69, 9.17) is 11.6 Å². The molecule has 9 heteroatoms. The summed E-state index contributed by atoms with van der Waals surface area (Å²) >= 11 is 7.66. The van der Waals surface area contributed by atoms with Gasteiger partial charge in [0, 0.05) is 12.8 Å². The van der Waals surface area contributed by atoms with Gasteiger partial charge in [-0.2, -0.15) is 11.8 Å². The third-order valence-electron chi connectivity index (χ3n) is 4.27. The molecule has 2 aromatic rings. The van der Waals surface area contributed by atoms with Gasteiger partial charge in [0.25, 0.3) is 5.91 Å². The van der Waals surface area contributed by atoms with E-state index in [1.807, 2.05) is 6.26 Å². The second-order valence-electron chi connectivity index (χ2n) is 6.89. The molecule has 0 radical (unpaired) electrons. The van der Waals surface area contributed by atoms with E-state index in [9.17, 15) is 18.0 Å². The van der Waals surface area contributed by atoms with Gasteiger partial charge in [-0.25, -0.2) is 8.42 Å². The van der Waals surface area contributed by atoms with Crippen LogP contribution in [0.5, 0.6) is 0 Å². The standard InChI is InChI=1S/C21H25ClN2O4S2/c1-29-12-11-19(24-20(25)17-5-3-4-6-18(17)22)21(26)23-13-15-7-9-16(10-8-15)14-30(2,27)28/h3-10,19H,11-14H2,1-2H3,(H,23,26)(H,24,25). The topological polar surface area (TPSA) is 92.3 Å². The second kappa shape index (κ2) is 11.4. The van der Waals surface area contributed by atoms with Crippen LogP contribution in [0.3, 0.4) is 0 Å². The first-order chi connectivity index (χ1) is 14.2. The molecule has 0 aliphatic rings. The van der Waals surface area contributed by atoms with Crippen molar-refractivity contribution in [3.8, 4) is 0 Å². The van der Waals surface area contributed by atoms with Crippen LogP contribution in [0.1, 0.15) is 27.9 Å². The van der Waals surface area contributed by atoms with Crippen molar-refractivity contribution in [2.24, 2.45) is 0 Å². The lowest BCUT2D eigenvalue weighted by Crippen LogP contribution is -2.47. The Bertz CT molecular complexity index is 979. The van der Waals surface area contributed by atoms with Gasteiger partial charge in [-0.15, -0.1) is 0 Å². The van der Waals surface area contributed by atoms with Crippen molar-refractivity contribution in [2.45, 2.75) is 24.8 Å². The van der Waals surface area contributed by atoms with Crippen LogP contribution in [-0.4, -0.2) is 44.5 Å². The van der Waals surface area contributed by atoms with Crippen LogP contribution in [0.2, 0.25) is 5.02 Å². The van der Waals surface area contributed by atoms with Crippen molar-refractivity contribution in [1.29, 1.82) is 0 Å². The summed E-state index contributed by atoms with van der Waals surface area (Å²) in [5.41, 5.74) is 1.85. The first kappa shape index (κ1) is 24.2. The van der Waals surface area contributed by atoms with E-state index in [0.717, 1.165) is 5.56 Å². The molecule has 2 N–H and O–H groups in total. The van der Waals surface area contributed by atoms with Gasteiger partial charge in [0.05, 0.1) is 16.3 Å². The molecule has 0 aromatic heterocycles. The quantitative estimate of drug-likeness (QED) is 0.559. The Hall–Kier alpha value is -2.03. The molecule has 2 amide bonds. The van der Waals surface area contributed by atoms with Gasteiger partial charge in [0.2, 0.25) is 5.91 Å². The largest absolute Gasteiger partial charge is 0.350 e. The molecule has 0 aliphatic heterocycles. The Morgan fingerprint density at radius 2 is 1.70 bits per heavy atom. The molecule has 1 unspecified atom stereocenters. The number of halogens is 1. The molecule has 0 fully saturated rings. The number of sulfone groups is 1. The highest BCUT2D eigenvalue weighted by Gasteiger charge is 2.22. The minimum atomic E-state index is -3.09. The molecule has 6 nitrogen and oxygen atoms in total. The number of rotatable bonds is 10. The maximum atomic E-state index is 12.7. The SMILES string of the molecule is CSCCC(NC(=O)c1ccccc1Cl)C(=O)NCc1ccc(CS(C)(=O)=O)cc1. The fourth-order valence-electron chi connectivity index (χ4n) is 2.75. The van der Waals surface area contributed by atoms with Gasteiger partial charge in [-0.1, -0.05) is 48.0 Å². The minimum absolute atomic E-state index is 0.0233. The number of amides is 2. The molecular formula is C21H25ClN2O4S2. The maximum absolute atomic E-state index is 12.7. The average Bonchev–Trinajstić information content (AvgIpc) is 2.69. The highest BCUT2D eigenvalue weighted by Crippen LogP contribution is 2.15. The Morgan fingerprint density at radius 3 is 2.30 bits per heavy atom. The Morgan fingerprint density at radius 1 is 1.07 bits per heavy atom. The molecule has 0 aliphatic carbocycles. The van der Waals surface area contributed by atoms with Gasteiger partial charge in [0.15, 0.2) is 9.84 Å². The zero-order chi connectivity index (χ0) is 22.1. The van der Waals surface area contributed by atoms with Gasteiger partial charge in [-0.05, 0) is 41.7 Å². The summed E-state index contributed by atoms with van der Waals surface area (Å²) in [7, 11) is -3.09. The minimum Gasteiger partial charge on any atom is -0.350 e. The molecule has 162 valence electrons. The van der Waals surface area contributed by atoms with Crippen molar-refractivity contribution in [2.75, 3.05) is 18.3 Å². The average molecular weight is 469 g/mol. The zero-order valence-electron chi connectivity index (χ0n) is 16.9. The van der Waals surface area contributed by atoms with Crippen LogP contribution in [0.15, 0.2) is 48.5 Å². The van der Waals surface area contributed by atoms with Gasteiger partial charge in [0.1, 0.15) is 6.04 Å². The van der Waals surface area contributed by atoms with Crippen molar-refractivity contribution in [3.63, 3.8) is 0 Å². The van der Waals surface area contributed by atoms with Crippen LogP contribution < -0.4 is 10.6 Å². The normalized spacial score (nSPS) is 12.2.